The standard InChI is InChI=1S/C14H20O5/c1-14(12(16)17,13(18)19)9-4-2-3-6-10-7-5-8-11(10)15/h7H,2-6,8-9H2,1H3,(H,16,17)(H,18,19). The van der Waals surface area contributed by atoms with Gasteiger partial charge in [-0.3, -0.25) is 14.4 Å². The minimum Gasteiger partial charge on any atom is -0.480 e. The van der Waals surface area contributed by atoms with E-state index < -0.39 is 17.4 Å². The first-order valence-corrected chi connectivity index (χ1v) is 6.57. The van der Waals surface area contributed by atoms with Crippen molar-refractivity contribution in [1.82, 2.24) is 0 Å². The zero-order chi connectivity index (χ0) is 14.5. The van der Waals surface area contributed by atoms with Crippen molar-refractivity contribution in [3.8, 4) is 0 Å². The van der Waals surface area contributed by atoms with Crippen LogP contribution in [-0.2, 0) is 14.4 Å². The molecule has 0 fully saturated rings. The van der Waals surface area contributed by atoms with Crippen LogP contribution < -0.4 is 0 Å². The van der Waals surface area contributed by atoms with Gasteiger partial charge in [0.25, 0.3) is 0 Å². The number of carbonyl (C=O) groups is 3. The van der Waals surface area contributed by atoms with Crippen molar-refractivity contribution >= 4 is 17.7 Å². The highest BCUT2D eigenvalue weighted by atomic mass is 16.4. The zero-order valence-corrected chi connectivity index (χ0v) is 11.1. The lowest BCUT2D eigenvalue weighted by Gasteiger charge is -2.19. The first kappa shape index (κ1) is 15.4. The number of allylic oxidation sites excluding steroid dienone is 2. The molecule has 0 bridgehead atoms. The van der Waals surface area contributed by atoms with Gasteiger partial charge >= 0.3 is 11.9 Å². The molecule has 1 rings (SSSR count). The van der Waals surface area contributed by atoms with E-state index in [1.54, 1.807) is 0 Å². The van der Waals surface area contributed by atoms with Gasteiger partial charge in [0.05, 0.1) is 0 Å². The lowest BCUT2D eigenvalue weighted by atomic mass is 9.84. The van der Waals surface area contributed by atoms with Gasteiger partial charge < -0.3 is 10.2 Å². The van der Waals surface area contributed by atoms with Crippen LogP contribution in [0.15, 0.2) is 11.6 Å². The van der Waals surface area contributed by atoms with Gasteiger partial charge in [-0.05, 0) is 38.2 Å². The molecule has 0 unspecified atom stereocenters. The Morgan fingerprint density at radius 3 is 2.32 bits per heavy atom. The second kappa shape index (κ2) is 6.50. The van der Waals surface area contributed by atoms with Crippen molar-refractivity contribution in [2.45, 2.75) is 51.9 Å². The van der Waals surface area contributed by atoms with E-state index in [0.29, 0.717) is 12.8 Å². The number of carboxylic acids is 2. The van der Waals surface area contributed by atoms with Gasteiger partial charge in [-0.25, -0.2) is 0 Å². The molecule has 19 heavy (non-hydrogen) atoms. The van der Waals surface area contributed by atoms with Gasteiger partial charge in [-0.2, -0.15) is 0 Å². The normalized spacial score (nSPS) is 15.4. The van der Waals surface area contributed by atoms with Crippen LogP contribution in [0.4, 0.5) is 0 Å². The summed E-state index contributed by atoms with van der Waals surface area (Å²) in [6.45, 7) is 1.24. The molecule has 1 aliphatic rings. The molecule has 5 nitrogen and oxygen atoms in total. The van der Waals surface area contributed by atoms with Crippen LogP contribution >= 0.6 is 0 Å². The Labute approximate surface area is 112 Å². The van der Waals surface area contributed by atoms with Crippen molar-refractivity contribution in [2.24, 2.45) is 5.41 Å². The van der Waals surface area contributed by atoms with E-state index >= 15 is 0 Å². The van der Waals surface area contributed by atoms with Crippen LogP contribution in [0.2, 0.25) is 0 Å². The van der Waals surface area contributed by atoms with Crippen molar-refractivity contribution in [1.29, 1.82) is 0 Å². The van der Waals surface area contributed by atoms with Crippen LogP contribution in [0.25, 0.3) is 0 Å². The Morgan fingerprint density at radius 1 is 1.21 bits per heavy atom. The summed E-state index contributed by atoms with van der Waals surface area (Å²) in [5.74, 6) is -2.39. The molecule has 0 aromatic heterocycles. The van der Waals surface area contributed by atoms with Crippen molar-refractivity contribution < 1.29 is 24.6 Å². The van der Waals surface area contributed by atoms with Crippen LogP contribution in [0, 0.1) is 5.41 Å². The van der Waals surface area contributed by atoms with Crippen molar-refractivity contribution in [2.75, 3.05) is 0 Å². The highest BCUT2D eigenvalue weighted by molar-refractivity contribution is 5.98. The Morgan fingerprint density at radius 2 is 1.84 bits per heavy atom. The van der Waals surface area contributed by atoms with Gasteiger partial charge in [0.2, 0.25) is 0 Å². The Kier molecular flexibility index (Phi) is 5.27. The summed E-state index contributed by atoms with van der Waals surface area (Å²) in [5, 5.41) is 17.9. The van der Waals surface area contributed by atoms with E-state index in [-0.39, 0.29) is 12.2 Å². The fourth-order valence-electron chi connectivity index (χ4n) is 2.17. The van der Waals surface area contributed by atoms with Crippen molar-refractivity contribution in [3.05, 3.63) is 11.6 Å². The maximum Gasteiger partial charge on any atom is 0.320 e. The van der Waals surface area contributed by atoms with Crippen LogP contribution in [-0.4, -0.2) is 27.9 Å². The molecule has 0 amide bonds. The molecule has 0 radical (unpaired) electrons. The number of unbranched alkanes of at least 4 members (excludes halogenated alkanes) is 2. The summed E-state index contributed by atoms with van der Waals surface area (Å²) in [6.07, 6.45) is 6.29. The third-order valence-corrected chi connectivity index (χ3v) is 3.69. The largest absolute Gasteiger partial charge is 0.480 e. The average Bonchev–Trinajstić information content (AvgIpc) is 2.73. The molecule has 0 saturated carbocycles. The second-order valence-electron chi connectivity index (χ2n) is 5.19. The fraction of sp³-hybridized carbons (Fsp3) is 0.643. The van der Waals surface area contributed by atoms with E-state index in [4.69, 9.17) is 10.2 Å². The van der Waals surface area contributed by atoms with E-state index in [9.17, 15) is 14.4 Å². The van der Waals surface area contributed by atoms with Gasteiger partial charge in [0, 0.05) is 6.42 Å². The maximum atomic E-state index is 11.4. The summed E-state index contributed by atoms with van der Waals surface area (Å²) < 4.78 is 0. The number of carboxylic acid groups (broad SMARTS) is 2. The van der Waals surface area contributed by atoms with Gasteiger partial charge in [0.1, 0.15) is 0 Å². The van der Waals surface area contributed by atoms with Crippen molar-refractivity contribution in [3.63, 3.8) is 0 Å². The van der Waals surface area contributed by atoms with Crippen LogP contribution in [0.5, 0.6) is 0 Å². The fourth-order valence-corrected chi connectivity index (χ4v) is 2.17. The highest BCUT2D eigenvalue weighted by Gasteiger charge is 2.40. The number of aliphatic carboxylic acids is 2. The molecule has 0 aromatic rings. The van der Waals surface area contributed by atoms with E-state index in [2.05, 4.69) is 0 Å². The predicted octanol–water partition coefficient (Wildman–Crippen LogP) is 2.40. The number of Topliss-reactive ketones (excluding diaryl/α,β-unsaturated/α-hetero) is 1. The molecular weight excluding hydrogens is 248 g/mol. The monoisotopic (exact) mass is 268 g/mol. The third-order valence-electron chi connectivity index (χ3n) is 3.69. The van der Waals surface area contributed by atoms with E-state index in [1.807, 2.05) is 6.08 Å². The molecule has 0 aliphatic heterocycles. The molecule has 0 atom stereocenters. The number of rotatable bonds is 8. The molecule has 0 aromatic carbocycles. The average molecular weight is 268 g/mol. The molecule has 0 spiro atoms. The Hall–Kier alpha value is -1.65. The van der Waals surface area contributed by atoms with E-state index in [1.165, 1.54) is 6.92 Å². The molecule has 106 valence electrons. The molecule has 2 N–H and O–H groups in total. The smallest absolute Gasteiger partial charge is 0.320 e. The number of carbonyl (C=O) groups excluding carboxylic acids is 1. The summed E-state index contributed by atoms with van der Waals surface area (Å²) in [7, 11) is 0. The topological polar surface area (TPSA) is 91.7 Å². The first-order valence-electron chi connectivity index (χ1n) is 6.57. The first-order chi connectivity index (χ1) is 8.88. The maximum absolute atomic E-state index is 11.4. The van der Waals surface area contributed by atoms with Gasteiger partial charge in [0.15, 0.2) is 11.2 Å². The minimum absolute atomic E-state index is 0.116. The van der Waals surface area contributed by atoms with Gasteiger partial charge in [-0.1, -0.05) is 18.9 Å². The Balaban J connectivity index is 2.28. The molecule has 1 aliphatic carbocycles. The van der Waals surface area contributed by atoms with Crippen LogP contribution in [0.3, 0.4) is 0 Å². The minimum atomic E-state index is -1.71. The quantitative estimate of drug-likeness (QED) is 0.521. The Bertz CT molecular complexity index is 394. The predicted molar refractivity (Wildman–Crippen MR) is 68.8 cm³/mol. The lowest BCUT2D eigenvalue weighted by molar-refractivity contribution is -0.163. The van der Waals surface area contributed by atoms with Crippen LogP contribution in [0.1, 0.15) is 51.9 Å². The SMILES string of the molecule is CC(CCCCCC1=CCCC1=O)(C(=O)O)C(=O)O. The zero-order valence-electron chi connectivity index (χ0n) is 11.1. The van der Waals surface area contributed by atoms with Gasteiger partial charge in [-0.15, -0.1) is 0 Å². The summed E-state index contributed by atoms with van der Waals surface area (Å²) in [4.78, 5) is 33.2. The number of hydrogen-bond acceptors (Lipinski definition) is 3. The summed E-state index contributed by atoms with van der Waals surface area (Å²) in [5.41, 5.74) is -0.832. The molecule has 5 heteroatoms. The third kappa shape index (κ3) is 3.91. The highest BCUT2D eigenvalue weighted by Crippen LogP contribution is 2.26. The second-order valence-corrected chi connectivity index (χ2v) is 5.19. The van der Waals surface area contributed by atoms with E-state index in [0.717, 1.165) is 31.3 Å². The lowest BCUT2D eigenvalue weighted by Crippen LogP contribution is -2.36. The number of ketones is 1. The summed E-state index contributed by atoms with van der Waals surface area (Å²) >= 11 is 0. The number of hydrogen-bond donors (Lipinski definition) is 2. The molecular formula is C14H20O5. The summed E-state index contributed by atoms with van der Waals surface area (Å²) in [6, 6.07) is 0. The molecule has 0 saturated heterocycles. The molecule has 0 heterocycles.